The van der Waals surface area contributed by atoms with E-state index in [4.69, 9.17) is 11.6 Å². The van der Waals surface area contributed by atoms with Crippen molar-refractivity contribution in [2.75, 3.05) is 13.1 Å². The zero-order valence-corrected chi connectivity index (χ0v) is 9.54. The van der Waals surface area contributed by atoms with E-state index in [0.717, 1.165) is 25.2 Å². The smallest absolute Gasteiger partial charge is 0.123 e. The summed E-state index contributed by atoms with van der Waals surface area (Å²) < 4.78 is 12.9. The van der Waals surface area contributed by atoms with E-state index in [1.54, 1.807) is 12.1 Å². The third kappa shape index (κ3) is 4.45. The van der Waals surface area contributed by atoms with Crippen LogP contribution in [0, 0.1) is 5.82 Å². The fourth-order valence-electron chi connectivity index (χ4n) is 1.39. The van der Waals surface area contributed by atoms with Crippen LogP contribution in [-0.2, 0) is 6.54 Å². The van der Waals surface area contributed by atoms with Crippen molar-refractivity contribution in [2.45, 2.75) is 13.5 Å². The van der Waals surface area contributed by atoms with Gasteiger partial charge < -0.3 is 0 Å². The van der Waals surface area contributed by atoms with Crippen LogP contribution < -0.4 is 0 Å². The Labute approximate surface area is 95.2 Å². The molecule has 0 fully saturated rings. The van der Waals surface area contributed by atoms with Crippen LogP contribution in [-0.4, -0.2) is 18.0 Å². The number of likely N-dealkylation sites (N-methyl/N-ethyl adjacent to an activating group) is 1. The summed E-state index contributed by atoms with van der Waals surface area (Å²) in [5, 5.41) is 0. The maximum Gasteiger partial charge on any atom is 0.123 e. The molecule has 15 heavy (non-hydrogen) atoms. The number of rotatable bonds is 5. The second-order valence-electron chi connectivity index (χ2n) is 3.32. The van der Waals surface area contributed by atoms with Gasteiger partial charge in [0.25, 0.3) is 0 Å². The molecule has 1 aromatic carbocycles. The normalized spacial score (nSPS) is 11.5. The Bertz CT molecular complexity index is 325. The van der Waals surface area contributed by atoms with Crippen molar-refractivity contribution in [1.29, 1.82) is 0 Å². The molecule has 82 valence electrons. The largest absolute Gasteiger partial charge is 0.296 e. The molecule has 0 unspecified atom stereocenters. The predicted octanol–water partition coefficient (Wildman–Crippen LogP) is 3.40. The molecule has 0 aliphatic rings. The van der Waals surface area contributed by atoms with E-state index >= 15 is 0 Å². The van der Waals surface area contributed by atoms with Crippen LogP contribution in [0.5, 0.6) is 0 Å². The minimum Gasteiger partial charge on any atom is -0.296 e. The highest BCUT2D eigenvalue weighted by Crippen LogP contribution is 2.07. The second-order valence-corrected chi connectivity index (χ2v) is 3.57. The summed E-state index contributed by atoms with van der Waals surface area (Å²) in [6.07, 6.45) is 1.88. The monoisotopic (exact) mass is 227 g/mol. The molecule has 0 atom stereocenters. The van der Waals surface area contributed by atoms with Crippen LogP contribution in [0.4, 0.5) is 4.39 Å². The molecular formula is C12H15ClFN. The van der Waals surface area contributed by atoms with Crippen LogP contribution in [0.1, 0.15) is 12.5 Å². The van der Waals surface area contributed by atoms with Crippen LogP contribution in [0.3, 0.4) is 0 Å². The molecule has 3 heteroatoms. The number of nitrogens with zero attached hydrogens (tertiary/aromatic N) is 1. The zero-order chi connectivity index (χ0) is 11.1. The zero-order valence-electron chi connectivity index (χ0n) is 8.79. The molecule has 1 rings (SSSR count). The van der Waals surface area contributed by atoms with Crippen molar-refractivity contribution >= 4 is 11.6 Å². The quantitative estimate of drug-likeness (QED) is 0.745. The second kappa shape index (κ2) is 6.59. The molecule has 1 nitrogen and oxygen atoms in total. The lowest BCUT2D eigenvalue weighted by Crippen LogP contribution is -2.22. The van der Waals surface area contributed by atoms with Gasteiger partial charge in [-0.25, -0.2) is 4.39 Å². The summed E-state index contributed by atoms with van der Waals surface area (Å²) in [6, 6.07) is 6.68. The standard InChI is InChI=1S/C12H15ClFN/c1-2-15(8-4-7-13)10-11-5-3-6-12(14)9-11/h3-7,9H,2,8,10H2,1H3/b7-4+. The molecule has 0 N–H and O–H groups in total. The Hall–Kier alpha value is -0.860. The van der Waals surface area contributed by atoms with Gasteiger partial charge in [0.15, 0.2) is 0 Å². The first kappa shape index (κ1) is 12.2. The molecule has 1 aromatic rings. The van der Waals surface area contributed by atoms with E-state index < -0.39 is 0 Å². The minimum absolute atomic E-state index is 0.184. The van der Waals surface area contributed by atoms with E-state index in [0.29, 0.717) is 0 Å². The predicted molar refractivity (Wildman–Crippen MR) is 62.3 cm³/mol. The topological polar surface area (TPSA) is 3.24 Å². The van der Waals surface area contributed by atoms with Crippen molar-refractivity contribution in [3.05, 3.63) is 47.3 Å². The molecule has 0 aliphatic heterocycles. The number of hydrogen-bond donors (Lipinski definition) is 0. The first-order valence-electron chi connectivity index (χ1n) is 4.98. The van der Waals surface area contributed by atoms with Crippen LogP contribution in [0.15, 0.2) is 35.9 Å². The highest BCUT2D eigenvalue weighted by Gasteiger charge is 2.02. The molecule has 0 bridgehead atoms. The van der Waals surface area contributed by atoms with Gasteiger partial charge in [0.1, 0.15) is 5.82 Å². The van der Waals surface area contributed by atoms with Crippen LogP contribution >= 0.6 is 11.6 Å². The van der Waals surface area contributed by atoms with Gasteiger partial charge in [-0.2, -0.15) is 0 Å². The summed E-state index contributed by atoms with van der Waals surface area (Å²) in [5.41, 5.74) is 2.49. The fourth-order valence-corrected chi connectivity index (χ4v) is 1.47. The minimum atomic E-state index is -0.184. The van der Waals surface area contributed by atoms with E-state index in [1.807, 2.05) is 12.1 Å². The third-order valence-electron chi connectivity index (χ3n) is 2.20. The SMILES string of the molecule is CCN(C/C=C/Cl)Cc1cccc(F)c1. The van der Waals surface area contributed by atoms with Gasteiger partial charge in [-0.1, -0.05) is 36.7 Å². The van der Waals surface area contributed by atoms with Crippen molar-refractivity contribution in [3.63, 3.8) is 0 Å². The molecule has 0 radical (unpaired) electrons. The highest BCUT2D eigenvalue weighted by molar-refractivity contribution is 6.25. The first-order chi connectivity index (χ1) is 7.26. The highest BCUT2D eigenvalue weighted by atomic mass is 35.5. The van der Waals surface area contributed by atoms with Crippen molar-refractivity contribution in [3.8, 4) is 0 Å². The van der Waals surface area contributed by atoms with E-state index in [1.165, 1.54) is 11.6 Å². The number of benzene rings is 1. The summed E-state index contributed by atoms with van der Waals surface area (Å²) in [6.45, 7) is 4.52. The van der Waals surface area contributed by atoms with Crippen molar-refractivity contribution in [1.82, 2.24) is 4.90 Å². The van der Waals surface area contributed by atoms with Gasteiger partial charge >= 0.3 is 0 Å². The summed E-state index contributed by atoms with van der Waals surface area (Å²) in [7, 11) is 0. The fraction of sp³-hybridized carbons (Fsp3) is 0.333. The van der Waals surface area contributed by atoms with E-state index in [-0.39, 0.29) is 5.82 Å². The maximum absolute atomic E-state index is 12.9. The lowest BCUT2D eigenvalue weighted by Gasteiger charge is -2.18. The Kier molecular flexibility index (Phi) is 5.37. The molecule has 0 aromatic heterocycles. The van der Waals surface area contributed by atoms with E-state index in [2.05, 4.69) is 11.8 Å². The molecule has 0 saturated carbocycles. The lowest BCUT2D eigenvalue weighted by atomic mass is 10.2. The van der Waals surface area contributed by atoms with Gasteiger partial charge in [-0.3, -0.25) is 4.90 Å². The number of halogens is 2. The van der Waals surface area contributed by atoms with Crippen LogP contribution in [0.25, 0.3) is 0 Å². The molecule has 0 aliphatic carbocycles. The molecule has 0 amide bonds. The number of hydrogen-bond acceptors (Lipinski definition) is 1. The average molecular weight is 228 g/mol. The summed E-state index contributed by atoms with van der Waals surface area (Å²) >= 11 is 5.46. The Morgan fingerprint density at radius 1 is 1.47 bits per heavy atom. The lowest BCUT2D eigenvalue weighted by molar-refractivity contribution is 0.311. The van der Waals surface area contributed by atoms with Gasteiger partial charge in [-0.15, -0.1) is 0 Å². The van der Waals surface area contributed by atoms with Crippen LogP contribution in [0.2, 0.25) is 0 Å². The van der Waals surface area contributed by atoms with Gasteiger partial charge in [0.05, 0.1) is 0 Å². The van der Waals surface area contributed by atoms with Gasteiger partial charge in [-0.05, 0) is 24.2 Å². The Balaban J connectivity index is 2.58. The van der Waals surface area contributed by atoms with Crippen molar-refractivity contribution in [2.24, 2.45) is 0 Å². The van der Waals surface area contributed by atoms with E-state index in [9.17, 15) is 4.39 Å². The molecular weight excluding hydrogens is 213 g/mol. The Morgan fingerprint density at radius 3 is 2.87 bits per heavy atom. The molecule has 0 spiro atoms. The molecule has 0 saturated heterocycles. The third-order valence-corrected chi connectivity index (χ3v) is 2.37. The summed E-state index contributed by atoms with van der Waals surface area (Å²) in [5.74, 6) is -0.184. The Morgan fingerprint density at radius 2 is 2.27 bits per heavy atom. The average Bonchev–Trinajstić information content (AvgIpc) is 2.24. The van der Waals surface area contributed by atoms with Crippen molar-refractivity contribution < 1.29 is 4.39 Å². The summed E-state index contributed by atoms with van der Waals surface area (Å²) in [4.78, 5) is 2.17. The first-order valence-corrected chi connectivity index (χ1v) is 5.42. The van der Waals surface area contributed by atoms with Gasteiger partial charge in [0, 0.05) is 18.6 Å². The maximum atomic E-state index is 12.9. The van der Waals surface area contributed by atoms with Gasteiger partial charge in [0.2, 0.25) is 0 Å². The molecule has 0 heterocycles.